The van der Waals surface area contributed by atoms with Gasteiger partial charge in [0.1, 0.15) is 5.75 Å². The van der Waals surface area contributed by atoms with Gasteiger partial charge in [-0.05, 0) is 17.5 Å². The molecule has 2 N–H and O–H groups in total. The van der Waals surface area contributed by atoms with E-state index in [0.717, 1.165) is 11.3 Å². The molecule has 0 aromatic heterocycles. The molecule has 0 aliphatic heterocycles. The van der Waals surface area contributed by atoms with Crippen LogP contribution in [-0.4, -0.2) is 38.4 Å². The molecule has 0 amide bonds. The number of hydrogen-bond donors (Lipinski definition) is 2. The van der Waals surface area contributed by atoms with E-state index >= 15 is 0 Å². The predicted octanol–water partition coefficient (Wildman–Crippen LogP) is 0.738. The molecule has 0 aliphatic rings. The fourth-order valence-electron chi connectivity index (χ4n) is 1.87. The second-order valence-electron chi connectivity index (χ2n) is 5.63. The maximum Gasteiger partial charge on any atom is 0.492 e. The zero-order chi connectivity index (χ0) is 14.1. The van der Waals surface area contributed by atoms with Gasteiger partial charge >= 0.3 is 7.12 Å². The molecule has 5 heteroatoms. The van der Waals surface area contributed by atoms with Crippen molar-refractivity contribution in [1.29, 1.82) is 0 Å². The summed E-state index contributed by atoms with van der Waals surface area (Å²) in [4.78, 5) is 1.93. The van der Waals surface area contributed by atoms with Crippen LogP contribution in [0.2, 0.25) is 0 Å². The normalized spacial score (nSPS) is 11.3. The zero-order valence-electron chi connectivity index (χ0n) is 12.0. The van der Waals surface area contributed by atoms with E-state index in [0.29, 0.717) is 11.2 Å². The van der Waals surface area contributed by atoms with Crippen molar-refractivity contribution < 1.29 is 14.8 Å². The summed E-state index contributed by atoms with van der Waals surface area (Å²) < 4.78 is 5.36. The van der Waals surface area contributed by atoms with Crippen molar-refractivity contribution in [1.82, 2.24) is 0 Å². The van der Waals surface area contributed by atoms with Crippen LogP contribution in [0.15, 0.2) is 12.1 Å². The average Bonchev–Trinajstić information content (AvgIpc) is 2.25. The van der Waals surface area contributed by atoms with E-state index in [1.807, 2.05) is 25.1 Å². The molecule has 0 saturated carbocycles. The van der Waals surface area contributed by atoms with Gasteiger partial charge in [-0.3, -0.25) is 0 Å². The molecule has 0 spiro atoms. The van der Waals surface area contributed by atoms with Crippen molar-refractivity contribution in [2.45, 2.75) is 26.2 Å². The summed E-state index contributed by atoms with van der Waals surface area (Å²) in [5, 5.41) is 19.0. The van der Waals surface area contributed by atoms with Crippen molar-refractivity contribution in [2.24, 2.45) is 0 Å². The third kappa shape index (κ3) is 2.97. The lowest BCUT2D eigenvalue weighted by Crippen LogP contribution is -2.34. The highest BCUT2D eigenvalue weighted by molar-refractivity contribution is 6.60. The molecule has 0 fully saturated rings. The summed E-state index contributed by atoms with van der Waals surface area (Å²) in [5.74, 6) is 0.545. The number of hydrogen-bond acceptors (Lipinski definition) is 4. The second-order valence-corrected chi connectivity index (χ2v) is 5.63. The number of benzene rings is 1. The molecule has 0 bridgehead atoms. The van der Waals surface area contributed by atoms with Crippen LogP contribution in [0, 0.1) is 0 Å². The number of methoxy groups -OCH3 is 1. The topological polar surface area (TPSA) is 52.9 Å². The Hall–Kier alpha value is -1.20. The summed E-state index contributed by atoms with van der Waals surface area (Å²) in [7, 11) is 3.84. The van der Waals surface area contributed by atoms with Crippen LogP contribution in [0.25, 0.3) is 0 Å². The molecule has 0 aliphatic carbocycles. The van der Waals surface area contributed by atoms with Crippen LogP contribution >= 0.6 is 0 Å². The number of ether oxygens (including phenoxy) is 1. The first-order valence-corrected chi connectivity index (χ1v) is 5.94. The van der Waals surface area contributed by atoms with Crippen molar-refractivity contribution >= 4 is 18.3 Å². The minimum atomic E-state index is -1.54. The summed E-state index contributed by atoms with van der Waals surface area (Å²) >= 11 is 0. The molecule has 0 saturated heterocycles. The highest BCUT2D eigenvalue weighted by Crippen LogP contribution is 2.33. The van der Waals surface area contributed by atoms with E-state index in [4.69, 9.17) is 4.74 Å². The quantitative estimate of drug-likeness (QED) is 0.778. The minimum absolute atomic E-state index is 0.138. The van der Waals surface area contributed by atoms with Crippen LogP contribution in [0.3, 0.4) is 0 Å². The number of rotatable bonds is 3. The molecule has 1 rings (SSSR count). The largest absolute Gasteiger partial charge is 0.497 e. The first kappa shape index (κ1) is 14.9. The van der Waals surface area contributed by atoms with Gasteiger partial charge in [0, 0.05) is 30.8 Å². The van der Waals surface area contributed by atoms with Gasteiger partial charge in [-0.25, -0.2) is 0 Å². The smallest absolute Gasteiger partial charge is 0.492 e. The van der Waals surface area contributed by atoms with Crippen molar-refractivity contribution in [2.75, 3.05) is 26.1 Å². The summed E-state index contributed by atoms with van der Waals surface area (Å²) in [6, 6.07) is 3.75. The monoisotopic (exact) mass is 251 g/mol. The molecular formula is C13H22BNO3. The van der Waals surface area contributed by atoms with Gasteiger partial charge in [0.15, 0.2) is 0 Å². The Kier molecular flexibility index (Phi) is 4.30. The molecule has 100 valence electrons. The average molecular weight is 251 g/mol. The highest BCUT2D eigenvalue weighted by atomic mass is 16.5. The maximum absolute atomic E-state index is 9.49. The van der Waals surface area contributed by atoms with Gasteiger partial charge < -0.3 is 19.7 Å². The Balaban J connectivity index is 3.56. The molecule has 18 heavy (non-hydrogen) atoms. The Morgan fingerprint density at radius 2 is 1.72 bits per heavy atom. The first-order valence-electron chi connectivity index (χ1n) is 5.94. The summed E-state index contributed by atoms with van der Waals surface area (Å²) in [6.45, 7) is 6.20. The Labute approximate surface area is 109 Å². The SMILES string of the molecule is COc1c(B(O)O)cc(N(C)C)cc1C(C)(C)C. The molecule has 1 aromatic carbocycles. The molecule has 4 nitrogen and oxygen atoms in total. The lowest BCUT2D eigenvalue weighted by atomic mass is 9.74. The first-order chi connectivity index (χ1) is 8.18. The Bertz CT molecular complexity index is 425. The van der Waals surface area contributed by atoms with E-state index in [-0.39, 0.29) is 5.41 Å². The van der Waals surface area contributed by atoms with E-state index in [1.165, 1.54) is 0 Å². The predicted molar refractivity (Wildman–Crippen MR) is 75.8 cm³/mol. The van der Waals surface area contributed by atoms with E-state index < -0.39 is 7.12 Å². The fraction of sp³-hybridized carbons (Fsp3) is 0.538. The van der Waals surface area contributed by atoms with E-state index in [9.17, 15) is 10.0 Å². The lowest BCUT2D eigenvalue weighted by molar-refractivity contribution is 0.391. The van der Waals surface area contributed by atoms with Crippen LogP contribution in [0.5, 0.6) is 5.75 Å². The van der Waals surface area contributed by atoms with E-state index in [1.54, 1.807) is 13.2 Å². The third-order valence-electron chi connectivity index (χ3n) is 2.91. The molecule has 0 heterocycles. The second kappa shape index (κ2) is 5.20. The van der Waals surface area contributed by atoms with Crippen LogP contribution < -0.4 is 15.1 Å². The van der Waals surface area contributed by atoms with Crippen molar-refractivity contribution in [3.05, 3.63) is 17.7 Å². The molecule has 1 aromatic rings. The highest BCUT2D eigenvalue weighted by Gasteiger charge is 2.27. The van der Waals surface area contributed by atoms with Crippen LogP contribution in [0.4, 0.5) is 5.69 Å². The van der Waals surface area contributed by atoms with Crippen LogP contribution in [0.1, 0.15) is 26.3 Å². The Morgan fingerprint density at radius 3 is 2.06 bits per heavy atom. The molecular weight excluding hydrogens is 229 g/mol. The zero-order valence-corrected chi connectivity index (χ0v) is 12.0. The van der Waals surface area contributed by atoms with Gasteiger partial charge in [-0.15, -0.1) is 0 Å². The Morgan fingerprint density at radius 1 is 1.17 bits per heavy atom. The minimum Gasteiger partial charge on any atom is -0.497 e. The van der Waals surface area contributed by atoms with Gasteiger partial charge in [-0.1, -0.05) is 20.8 Å². The van der Waals surface area contributed by atoms with Crippen LogP contribution in [-0.2, 0) is 5.41 Å². The summed E-state index contributed by atoms with van der Waals surface area (Å²) in [6.07, 6.45) is 0. The molecule has 0 radical (unpaired) electrons. The van der Waals surface area contributed by atoms with Crippen molar-refractivity contribution in [3.8, 4) is 5.75 Å². The summed E-state index contributed by atoms with van der Waals surface area (Å²) in [5.41, 5.74) is 2.14. The molecule has 0 atom stereocenters. The lowest BCUT2D eigenvalue weighted by Gasteiger charge is -2.26. The number of anilines is 1. The van der Waals surface area contributed by atoms with Gasteiger partial charge in [-0.2, -0.15) is 0 Å². The van der Waals surface area contributed by atoms with E-state index in [2.05, 4.69) is 20.8 Å². The van der Waals surface area contributed by atoms with Gasteiger partial charge in [0.25, 0.3) is 0 Å². The number of nitrogens with zero attached hydrogens (tertiary/aromatic N) is 1. The van der Waals surface area contributed by atoms with Gasteiger partial charge in [0.05, 0.1) is 7.11 Å². The fourth-order valence-corrected chi connectivity index (χ4v) is 1.87. The van der Waals surface area contributed by atoms with Crippen molar-refractivity contribution in [3.63, 3.8) is 0 Å². The third-order valence-corrected chi connectivity index (χ3v) is 2.91. The molecule has 0 unspecified atom stereocenters. The standard InChI is InChI=1S/C13H22BNO3/c1-13(2,3)10-7-9(15(4)5)8-11(14(16)17)12(10)18-6/h7-8,16-17H,1-6H3. The van der Waals surface area contributed by atoms with Gasteiger partial charge in [0.2, 0.25) is 0 Å². The maximum atomic E-state index is 9.49.